The number of carbonyl (C=O) groups is 2. The molecular weight excluding hydrogens is 596 g/mol. The van der Waals surface area contributed by atoms with Crippen molar-refractivity contribution in [3.63, 3.8) is 0 Å². The number of hydrogen-bond acceptors (Lipinski definition) is 6. The topological polar surface area (TPSA) is 82.1 Å². The van der Waals surface area contributed by atoms with Crippen LogP contribution in [0.5, 0.6) is 5.75 Å². The molecule has 0 saturated carbocycles. The maximum absolute atomic E-state index is 14.1. The maximum atomic E-state index is 14.1. The van der Waals surface area contributed by atoms with Gasteiger partial charge in [0.2, 0.25) is 5.91 Å². The molecule has 0 aliphatic carbocycles. The van der Waals surface area contributed by atoms with Gasteiger partial charge in [-0.1, -0.05) is 89.4 Å². The van der Waals surface area contributed by atoms with Gasteiger partial charge in [-0.05, 0) is 62.3 Å². The molecule has 0 aliphatic rings. The van der Waals surface area contributed by atoms with Crippen LogP contribution in [0.25, 0.3) is 0 Å². The Morgan fingerprint density at radius 1 is 0.870 bits per heavy atom. The second kappa shape index (κ2) is 17.0. The van der Waals surface area contributed by atoms with E-state index in [-0.39, 0.29) is 17.9 Å². The highest BCUT2D eigenvalue weighted by Crippen LogP contribution is 2.30. The third-order valence-corrected chi connectivity index (χ3v) is 9.55. The zero-order valence-electron chi connectivity index (χ0n) is 29.2. The predicted molar refractivity (Wildman–Crippen MR) is 188 cm³/mol. The Bertz CT molecular complexity index is 1440. The number of carbonyl (C=O) groups excluding carboxylic acids is 2. The molecule has 0 N–H and O–H groups in total. The van der Waals surface area contributed by atoms with Crippen molar-refractivity contribution < 1.29 is 23.6 Å². The summed E-state index contributed by atoms with van der Waals surface area (Å²) in [5.41, 5.74) is 6.04. The predicted octanol–water partition coefficient (Wildman–Crippen LogP) is 8.23. The molecule has 3 aromatic rings. The second-order valence-corrected chi connectivity index (χ2v) is 14.6. The fraction of sp³-hybridized carbons (Fsp3) is 0.474. The van der Waals surface area contributed by atoms with Gasteiger partial charge < -0.3 is 18.9 Å². The van der Waals surface area contributed by atoms with E-state index in [0.29, 0.717) is 36.8 Å². The molecule has 0 aromatic heterocycles. The summed E-state index contributed by atoms with van der Waals surface area (Å²) in [5, 5.41) is 0. The minimum atomic E-state index is -1.54. The van der Waals surface area contributed by atoms with Crippen molar-refractivity contribution in [2.45, 2.75) is 97.9 Å². The Kier molecular flexibility index (Phi) is 13.7. The largest absolute Gasteiger partial charge is 0.593 e. The lowest BCUT2D eigenvalue weighted by Crippen LogP contribution is -2.41. The van der Waals surface area contributed by atoms with Crippen molar-refractivity contribution in [2.24, 2.45) is 0 Å². The van der Waals surface area contributed by atoms with Crippen molar-refractivity contribution in [2.75, 3.05) is 31.7 Å². The number of amides is 1. The van der Waals surface area contributed by atoms with Gasteiger partial charge in [-0.15, -0.1) is 4.31 Å². The van der Waals surface area contributed by atoms with E-state index in [1.807, 2.05) is 52.0 Å². The molecule has 0 heterocycles. The number of nitrogens with zero attached hydrogens (tertiary/aromatic N) is 2. The quantitative estimate of drug-likeness (QED) is 0.0938. The SMILES string of the molecule is CCCCOC(=O)c1ccc(N(Cc2ccc(C(C)(C)C)cc2)C(=O)CN(C)[S+]([O-])c2c(C)cc(C)cc2C)cc1OCCCC. The number of esters is 1. The fourth-order valence-corrected chi connectivity index (χ4v) is 6.44. The molecule has 0 bridgehead atoms. The molecule has 0 saturated heterocycles. The molecule has 3 aromatic carbocycles. The maximum Gasteiger partial charge on any atom is 0.341 e. The van der Waals surface area contributed by atoms with E-state index >= 15 is 0 Å². The van der Waals surface area contributed by atoms with Crippen LogP contribution >= 0.6 is 0 Å². The van der Waals surface area contributed by atoms with Gasteiger partial charge in [0.1, 0.15) is 17.9 Å². The molecule has 250 valence electrons. The molecular formula is C38H52N2O5S. The number of aryl methyl sites for hydroxylation is 3. The number of benzene rings is 3. The second-order valence-electron chi connectivity index (χ2n) is 13.1. The number of ether oxygens (including phenoxy) is 2. The zero-order chi connectivity index (χ0) is 34.0. The van der Waals surface area contributed by atoms with Crippen LogP contribution in [0.2, 0.25) is 0 Å². The van der Waals surface area contributed by atoms with Crippen LogP contribution in [0.4, 0.5) is 5.69 Å². The Balaban J connectivity index is 1.99. The van der Waals surface area contributed by atoms with Gasteiger partial charge >= 0.3 is 5.97 Å². The molecule has 0 radical (unpaired) electrons. The summed E-state index contributed by atoms with van der Waals surface area (Å²) in [7, 11) is 1.71. The summed E-state index contributed by atoms with van der Waals surface area (Å²) >= 11 is -1.54. The molecule has 1 unspecified atom stereocenters. The standard InChI is InChI=1S/C38H52N2O5S/c1-10-12-20-44-34-24-32(18-19-33(34)37(42)45-21-13-11-2)40(25-30-14-16-31(17-15-30)38(6,7)8)35(41)26-39(9)46(43)36-28(4)22-27(3)23-29(36)5/h14-19,22-24H,10-13,20-21,25-26H2,1-9H3. The molecule has 0 aliphatic heterocycles. The first-order valence-electron chi connectivity index (χ1n) is 16.3. The first-order valence-corrected chi connectivity index (χ1v) is 17.4. The summed E-state index contributed by atoms with van der Waals surface area (Å²) in [6, 6.07) is 17.5. The average molecular weight is 649 g/mol. The molecule has 0 fully saturated rings. The number of anilines is 1. The minimum absolute atomic E-state index is 0.000644. The van der Waals surface area contributed by atoms with Crippen molar-refractivity contribution in [1.29, 1.82) is 0 Å². The lowest BCUT2D eigenvalue weighted by Gasteiger charge is -2.28. The van der Waals surface area contributed by atoms with E-state index in [1.54, 1.807) is 34.5 Å². The van der Waals surface area contributed by atoms with Gasteiger partial charge in [0, 0.05) is 29.9 Å². The number of unbranched alkanes of at least 4 members (excludes halogenated alkanes) is 2. The smallest absolute Gasteiger partial charge is 0.341 e. The van der Waals surface area contributed by atoms with Gasteiger partial charge in [0.25, 0.3) is 0 Å². The van der Waals surface area contributed by atoms with Crippen molar-refractivity contribution >= 4 is 28.9 Å². The summed E-state index contributed by atoms with van der Waals surface area (Å²) in [6.07, 6.45) is 3.46. The van der Waals surface area contributed by atoms with E-state index in [1.165, 1.54) is 5.56 Å². The van der Waals surface area contributed by atoms with Gasteiger partial charge in [0.15, 0.2) is 4.90 Å². The zero-order valence-corrected chi connectivity index (χ0v) is 30.0. The highest BCUT2D eigenvalue weighted by molar-refractivity contribution is 7.89. The number of likely N-dealkylation sites (N-methyl/N-ethyl adjacent to an activating group) is 1. The molecule has 1 atom stereocenters. The summed E-state index contributed by atoms with van der Waals surface area (Å²) in [6.45, 7) is 17.5. The van der Waals surface area contributed by atoms with Crippen LogP contribution in [0.15, 0.2) is 59.5 Å². The first-order chi connectivity index (χ1) is 21.8. The lowest BCUT2D eigenvalue weighted by atomic mass is 9.87. The van der Waals surface area contributed by atoms with Crippen molar-refractivity contribution in [1.82, 2.24) is 4.31 Å². The first kappa shape index (κ1) is 37.1. The van der Waals surface area contributed by atoms with Crippen molar-refractivity contribution in [3.8, 4) is 5.75 Å². The Morgan fingerprint density at radius 3 is 2.07 bits per heavy atom. The van der Waals surface area contributed by atoms with Crippen LogP contribution in [0.3, 0.4) is 0 Å². The highest BCUT2D eigenvalue weighted by Gasteiger charge is 2.29. The van der Waals surface area contributed by atoms with E-state index in [4.69, 9.17) is 9.47 Å². The van der Waals surface area contributed by atoms with Gasteiger partial charge in [-0.2, -0.15) is 0 Å². The van der Waals surface area contributed by atoms with E-state index in [9.17, 15) is 14.1 Å². The van der Waals surface area contributed by atoms with Crippen LogP contribution in [0, 0.1) is 20.8 Å². The van der Waals surface area contributed by atoms with Crippen LogP contribution in [-0.2, 0) is 32.9 Å². The van der Waals surface area contributed by atoms with Crippen molar-refractivity contribution in [3.05, 3.63) is 88.0 Å². The Hall–Kier alpha value is -3.33. The summed E-state index contributed by atoms with van der Waals surface area (Å²) in [4.78, 5) is 29.5. The average Bonchev–Trinajstić information content (AvgIpc) is 2.99. The third-order valence-electron chi connectivity index (χ3n) is 7.87. The van der Waals surface area contributed by atoms with E-state index < -0.39 is 17.3 Å². The molecule has 0 spiro atoms. The Labute approximate surface area is 279 Å². The lowest BCUT2D eigenvalue weighted by molar-refractivity contribution is -0.118. The van der Waals surface area contributed by atoms with Crippen LogP contribution < -0.4 is 9.64 Å². The number of hydrogen-bond donors (Lipinski definition) is 0. The fourth-order valence-electron chi connectivity index (χ4n) is 5.23. The van der Waals surface area contributed by atoms with E-state index in [0.717, 1.165) is 52.8 Å². The minimum Gasteiger partial charge on any atom is -0.593 e. The molecule has 3 rings (SSSR count). The number of rotatable bonds is 15. The third kappa shape index (κ3) is 10.1. The molecule has 7 nitrogen and oxygen atoms in total. The van der Waals surface area contributed by atoms with Crippen LogP contribution in [-0.4, -0.2) is 47.5 Å². The summed E-state index contributed by atoms with van der Waals surface area (Å²) in [5.74, 6) is -0.284. The molecule has 8 heteroatoms. The summed E-state index contributed by atoms with van der Waals surface area (Å²) < 4.78 is 26.9. The Morgan fingerprint density at radius 2 is 1.48 bits per heavy atom. The normalized spacial score (nSPS) is 12.2. The van der Waals surface area contributed by atoms with Crippen LogP contribution in [0.1, 0.15) is 98.5 Å². The van der Waals surface area contributed by atoms with Gasteiger partial charge in [-0.3, -0.25) is 4.79 Å². The van der Waals surface area contributed by atoms with E-state index in [2.05, 4.69) is 39.8 Å². The molecule has 46 heavy (non-hydrogen) atoms. The highest BCUT2D eigenvalue weighted by atomic mass is 32.2. The van der Waals surface area contributed by atoms with Gasteiger partial charge in [-0.25, -0.2) is 4.79 Å². The molecule has 1 amide bonds. The monoisotopic (exact) mass is 648 g/mol. The van der Waals surface area contributed by atoms with Gasteiger partial charge in [0.05, 0.1) is 31.1 Å².